The van der Waals surface area contributed by atoms with Crippen molar-refractivity contribution >= 4 is 17.5 Å². The molecule has 2 rings (SSSR count). The minimum Gasteiger partial charge on any atom is -0.389 e. The van der Waals surface area contributed by atoms with Crippen LogP contribution in [0.5, 0.6) is 0 Å². The van der Waals surface area contributed by atoms with Crippen molar-refractivity contribution in [2.24, 2.45) is 0 Å². The van der Waals surface area contributed by atoms with Gasteiger partial charge in [0.05, 0.1) is 23.9 Å². The zero-order valence-corrected chi connectivity index (χ0v) is 10.7. The number of carbonyl (C=O) groups is 1. The average Bonchev–Trinajstić information content (AvgIpc) is 2.50. The fraction of sp³-hybridized carbons (Fsp3) is 0.636. The second kappa shape index (κ2) is 4.66. The van der Waals surface area contributed by atoms with E-state index in [9.17, 15) is 9.90 Å². The van der Waals surface area contributed by atoms with Crippen LogP contribution in [0.4, 0.5) is 0 Å². The molecule has 1 aromatic heterocycles. The Morgan fingerprint density at radius 2 is 2.18 bits per heavy atom. The van der Waals surface area contributed by atoms with Crippen LogP contribution in [-0.4, -0.2) is 50.8 Å². The summed E-state index contributed by atoms with van der Waals surface area (Å²) in [4.78, 5) is 13.8. The van der Waals surface area contributed by atoms with Gasteiger partial charge < -0.3 is 10.0 Å². The van der Waals surface area contributed by atoms with Crippen molar-refractivity contribution in [3.63, 3.8) is 0 Å². The minimum absolute atomic E-state index is 0.0499. The summed E-state index contributed by atoms with van der Waals surface area (Å²) in [7, 11) is 0. The molecular weight excluding hydrogens is 242 g/mol. The number of hydrogen-bond acceptors (Lipinski definition) is 3. The van der Waals surface area contributed by atoms with Gasteiger partial charge >= 0.3 is 0 Å². The maximum absolute atomic E-state index is 12.2. The lowest BCUT2D eigenvalue weighted by Crippen LogP contribution is -2.53. The molecule has 1 N–H and O–H groups in total. The number of hydrogen-bond donors (Lipinski definition) is 1. The Morgan fingerprint density at radius 1 is 1.53 bits per heavy atom. The molecule has 5 nitrogen and oxygen atoms in total. The number of rotatable bonds is 3. The molecule has 0 bridgehead atoms. The van der Waals surface area contributed by atoms with Crippen LogP contribution >= 0.6 is 11.6 Å². The Kier molecular flexibility index (Phi) is 3.40. The number of β-amino-alcohol motifs (C(OH)–C–C–N with tert-alkyl or cyclic N) is 1. The number of aryl methyl sites for hydroxylation is 2. The molecule has 6 heteroatoms. The van der Waals surface area contributed by atoms with E-state index in [1.54, 1.807) is 9.58 Å². The smallest absolute Gasteiger partial charge is 0.257 e. The van der Waals surface area contributed by atoms with Crippen LogP contribution in [0.25, 0.3) is 0 Å². The maximum atomic E-state index is 12.2. The van der Waals surface area contributed by atoms with Crippen molar-refractivity contribution in [1.29, 1.82) is 0 Å². The molecule has 1 aromatic rings. The molecule has 2 heterocycles. The number of aliphatic hydroxyl groups excluding tert-OH is 1. The highest BCUT2D eigenvalue weighted by atomic mass is 35.5. The third kappa shape index (κ3) is 2.17. The van der Waals surface area contributed by atoms with Gasteiger partial charge in [0.25, 0.3) is 5.91 Å². The molecule has 0 aliphatic carbocycles. The molecule has 1 aliphatic heterocycles. The first-order valence-corrected chi connectivity index (χ1v) is 6.15. The van der Waals surface area contributed by atoms with Gasteiger partial charge in [0.2, 0.25) is 0 Å². The Labute approximate surface area is 105 Å². The predicted molar refractivity (Wildman–Crippen MR) is 64.3 cm³/mol. The number of aromatic nitrogens is 2. The highest BCUT2D eigenvalue weighted by molar-refractivity contribution is 6.17. The Morgan fingerprint density at radius 3 is 2.71 bits per heavy atom. The van der Waals surface area contributed by atoms with Gasteiger partial charge in [-0.15, -0.1) is 11.6 Å². The van der Waals surface area contributed by atoms with Crippen molar-refractivity contribution in [1.82, 2.24) is 14.7 Å². The van der Waals surface area contributed by atoms with E-state index in [2.05, 4.69) is 5.10 Å². The molecule has 1 aliphatic rings. The second-order valence-corrected chi connectivity index (χ2v) is 4.70. The van der Waals surface area contributed by atoms with Crippen LogP contribution in [-0.2, 0) is 6.54 Å². The first-order chi connectivity index (χ1) is 8.04. The zero-order valence-electron chi connectivity index (χ0n) is 9.98. The normalized spacial score (nSPS) is 16.1. The molecule has 1 fully saturated rings. The topological polar surface area (TPSA) is 58.4 Å². The lowest BCUT2D eigenvalue weighted by molar-refractivity contribution is 0.00578. The number of carbonyl (C=O) groups excluding carboxylic acids is 1. The molecular formula is C11H16ClN3O2. The standard InChI is InChI=1S/C11H16ClN3O2/c1-7-10(8(2)15(13-7)4-3-12)11(17)14-5-9(16)6-14/h9,16H,3-6H2,1-2H3. The maximum Gasteiger partial charge on any atom is 0.257 e. The van der Waals surface area contributed by atoms with E-state index in [0.29, 0.717) is 31.1 Å². The molecule has 1 saturated heterocycles. The fourth-order valence-electron chi connectivity index (χ4n) is 2.08. The Balaban J connectivity index is 2.23. The van der Waals surface area contributed by atoms with Crippen molar-refractivity contribution in [2.45, 2.75) is 26.5 Å². The molecule has 0 saturated carbocycles. The van der Waals surface area contributed by atoms with Gasteiger partial charge in [0.15, 0.2) is 0 Å². The predicted octanol–water partition coefficient (Wildman–Crippen LogP) is 0.555. The first kappa shape index (κ1) is 12.4. The van der Waals surface area contributed by atoms with Crippen molar-refractivity contribution < 1.29 is 9.90 Å². The van der Waals surface area contributed by atoms with Gasteiger partial charge in [-0.2, -0.15) is 5.10 Å². The third-order valence-corrected chi connectivity index (χ3v) is 3.21. The number of likely N-dealkylation sites (tertiary alicyclic amines) is 1. The number of alkyl halides is 1. The Bertz CT molecular complexity index is 438. The minimum atomic E-state index is -0.377. The molecule has 0 unspecified atom stereocenters. The summed E-state index contributed by atoms with van der Waals surface area (Å²) in [6.45, 7) is 5.12. The lowest BCUT2D eigenvalue weighted by atomic mass is 10.1. The summed E-state index contributed by atoms with van der Waals surface area (Å²) < 4.78 is 1.76. The van der Waals surface area contributed by atoms with E-state index in [4.69, 9.17) is 11.6 Å². The Hall–Kier alpha value is -1.07. The van der Waals surface area contributed by atoms with E-state index < -0.39 is 0 Å². The number of amides is 1. The number of aliphatic hydroxyl groups is 1. The molecule has 94 valence electrons. The van der Waals surface area contributed by atoms with E-state index in [1.165, 1.54) is 0 Å². The van der Waals surface area contributed by atoms with Gasteiger partial charge in [-0.05, 0) is 13.8 Å². The SMILES string of the molecule is Cc1nn(CCCl)c(C)c1C(=O)N1CC(O)C1. The van der Waals surface area contributed by atoms with Crippen LogP contribution < -0.4 is 0 Å². The van der Waals surface area contributed by atoms with Crippen LogP contribution in [0, 0.1) is 13.8 Å². The summed E-state index contributed by atoms with van der Waals surface area (Å²) in [5, 5.41) is 13.5. The highest BCUT2D eigenvalue weighted by Crippen LogP contribution is 2.19. The lowest BCUT2D eigenvalue weighted by Gasteiger charge is -2.35. The number of nitrogens with zero attached hydrogens (tertiary/aromatic N) is 3. The van der Waals surface area contributed by atoms with E-state index in [-0.39, 0.29) is 12.0 Å². The quantitative estimate of drug-likeness (QED) is 0.805. The van der Waals surface area contributed by atoms with Crippen LogP contribution in [0.3, 0.4) is 0 Å². The van der Waals surface area contributed by atoms with Crippen molar-refractivity contribution in [3.8, 4) is 0 Å². The van der Waals surface area contributed by atoms with Gasteiger partial charge in [-0.3, -0.25) is 9.48 Å². The van der Waals surface area contributed by atoms with Gasteiger partial charge in [0.1, 0.15) is 0 Å². The zero-order chi connectivity index (χ0) is 12.6. The van der Waals surface area contributed by atoms with E-state index in [1.807, 2.05) is 13.8 Å². The third-order valence-electron chi connectivity index (χ3n) is 3.04. The fourth-order valence-corrected chi connectivity index (χ4v) is 2.24. The summed E-state index contributed by atoms with van der Waals surface area (Å²) in [6.07, 6.45) is -0.377. The van der Waals surface area contributed by atoms with Crippen molar-refractivity contribution in [2.75, 3.05) is 19.0 Å². The van der Waals surface area contributed by atoms with E-state index in [0.717, 1.165) is 11.4 Å². The second-order valence-electron chi connectivity index (χ2n) is 4.32. The summed E-state index contributed by atoms with van der Waals surface area (Å²) in [5.74, 6) is 0.420. The average molecular weight is 258 g/mol. The summed E-state index contributed by atoms with van der Waals surface area (Å²) in [6, 6.07) is 0. The highest BCUT2D eigenvalue weighted by Gasteiger charge is 2.32. The number of halogens is 1. The molecule has 0 atom stereocenters. The molecule has 1 amide bonds. The molecule has 0 spiro atoms. The monoisotopic (exact) mass is 257 g/mol. The van der Waals surface area contributed by atoms with Crippen molar-refractivity contribution in [3.05, 3.63) is 17.0 Å². The van der Waals surface area contributed by atoms with Gasteiger partial charge in [0, 0.05) is 24.7 Å². The van der Waals surface area contributed by atoms with Crippen LogP contribution in [0.15, 0.2) is 0 Å². The van der Waals surface area contributed by atoms with Crippen LogP contribution in [0.2, 0.25) is 0 Å². The molecule has 0 radical (unpaired) electrons. The van der Waals surface area contributed by atoms with Gasteiger partial charge in [-0.1, -0.05) is 0 Å². The molecule has 0 aromatic carbocycles. The summed E-state index contributed by atoms with van der Waals surface area (Å²) in [5.41, 5.74) is 2.20. The largest absolute Gasteiger partial charge is 0.389 e. The van der Waals surface area contributed by atoms with Gasteiger partial charge in [-0.25, -0.2) is 0 Å². The summed E-state index contributed by atoms with van der Waals surface area (Å²) >= 11 is 5.68. The van der Waals surface area contributed by atoms with E-state index >= 15 is 0 Å². The molecule has 17 heavy (non-hydrogen) atoms. The van der Waals surface area contributed by atoms with Crippen LogP contribution in [0.1, 0.15) is 21.7 Å². The first-order valence-electron chi connectivity index (χ1n) is 5.62.